The van der Waals surface area contributed by atoms with Crippen LogP contribution in [-0.2, 0) is 19.1 Å². The van der Waals surface area contributed by atoms with E-state index in [1.54, 1.807) is 12.2 Å². The lowest BCUT2D eigenvalue weighted by atomic mass is 9.99. The van der Waals surface area contributed by atoms with Gasteiger partial charge in [0.25, 0.3) is 0 Å². The van der Waals surface area contributed by atoms with Gasteiger partial charge in [0.2, 0.25) is 0 Å². The fraction of sp³-hybridized carbons (Fsp3) is 0.455. The summed E-state index contributed by atoms with van der Waals surface area (Å²) in [5, 5.41) is 0. The zero-order valence-electron chi connectivity index (χ0n) is 16.3. The lowest BCUT2D eigenvalue weighted by Gasteiger charge is -2.07. The zero-order chi connectivity index (χ0) is 19.4. The van der Waals surface area contributed by atoms with Crippen LogP contribution < -0.4 is 0 Å². The number of esters is 2. The van der Waals surface area contributed by atoms with Crippen LogP contribution in [0.1, 0.15) is 61.8 Å². The Hall–Kier alpha value is -2.36. The molecule has 1 rings (SSSR count). The summed E-state index contributed by atoms with van der Waals surface area (Å²) in [6.07, 6.45) is 9.99. The van der Waals surface area contributed by atoms with E-state index in [1.807, 2.05) is 39.8 Å². The topological polar surface area (TPSA) is 52.6 Å². The molecule has 0 aromatic heterocycles. The third-order valence-electron chi connectivity index (χ3n) is 3.98. The Kier molecular flexibility index (Phi) is 10.1. The molecular weight excluding hydrogens is 328 g/mol. The third kappa shape index (κ3) is 8.15. The first-order chi connectivity index (χ1) is 12.5. The highest BCUT2D eigenvalue weighted by Crippen LogP contribution is 2.19. The van der Waals surface area contributed by atoms with Crippen LogP contribution in [-0.4, -0.2) is 25.2 Å². The quantitative estimate of drug-likeness (QED) is 0.335. The van der Waals surface area contributed by atoms with Crippen LogP contribution in [0.2, 0.25) is 0 Å². The smallest absolute Gasteiger partial charge is 0.330 e. The normalized spacial score (nSPS) is 11.2. The number of ether oxygens (including phenoxy) is 2. The Labute approximate surface area is 156 Å². The van der Waals surface area contributed by atoms with Gasteiger partial charge in [0, 0.05) is 12.2 Å². The maximum absolute atomic E-state index is 11.8. The largest absolute Gasteiger partial charge is 0.463 e. The molecule has 0 radical (unpaired) electrons. The van der Waals surface area contributed by atoms with Crippen molar-refractivity contribution in [3.05, 3.63) is 46.5 Å². The Balaban J connectivity index is 2.86. The van der Waals surface area contributed by atoms with Crippen LogP contribution in [0.3, 0.4) is 0 Å². The molecular formula is C22H30O4. The molecule has 0 spiro atoms. The highest BCUT2D eigenvalue weighted by molar-refractivity contribution is 5.90. The lowest BCUT2D eigenvalue weighted by molar-refractivity contribution is -0.138. The van der Waals surface area contributed by atoms with Gasteiger partial charge in [-0.3, -0.25) is 0 Å². The predicted molar refractivity (Wildman–Crippen MR) is 106 cm³/mol. The molecule has 0 aliphatic rings. The summed E-state index contributed by atoms with van der Waals surface area (Å²) in [6.45, 7) is 8.98. The van der Waals surface area contributed by atoms with Gasteiger partial charge in [0.05, 0.1) is 13.2 Å². The summed E-state index contributed by atoms with van der Waals surface area (Å²) in [6, 6.07) is 3.99. The monoisotopic (exact) mass is 358 g/mol. The van der Waals surface area contributed by atoms with Gasteiger partial charge >= 0.3 is 11.9 Å². The molecule has 0 N–H and O–H groups in total. The standard InChI is InChI=1S/C22H30O4/c1-5-7-13-25-21(23)11-9-19-15-17(3)18(4)16-20(19)10-12-22(24)26-14-8-6-2/h9-12,15-16H,5-8,13-14H2,1-4H3/b11-9+,12-10+. The average Bonchev–Trinajstić information content (AvgIpc) is 2.61. The Morgan fingerprint density at radius 1 is 0.808 bits per heavy atom. The predicted octanol–water partition coefficient (Wildman–Crippen LogP) is 5.02. The van der Waals surface area contributed by atoms with Crippen molar-refractivity contribution in [1.82, 2.24) is 0 Å². The van der Waals surface area contributed by atoms with Gasteiger partial charge in [0.15, 0.2) is 0 Å². The Bertz CT molecular complexity index is 599. The Morgan fingerprint density at radius 2 is 1.19 bits per heavy atom. The Morgan fingerprint density at radius 3 is 1.54 bits per heavy atom. The molecule has 0 amide bonds. The third-order valence-corrected chi connectivity index (χ3v) is 3.98. The summed E-state index contributed by atoms with van der Waals surface area (Å²) in [4.78, 5) is 23.5. The van der Waals surface area contributed by atoms with Crippen LogP contribution in [0.15, 0.2) is 24.3 Å². The maximum atomic E-state index is 11.8. The van der Waals surface area contributed by atoms with Crippen molar-refractivity contribution in [3.63, 3.8) is 0 Å². The van der Waals surface area contributed by atoms with Crippen LogP contribution in [0.25, 0.3) is 12.2 Å². The average molecular weight is 358 g/mol. The molecule has 0 atom stereocenters. The van der Waals surface area contributed by atoms with E-state index in [2.05, 4.69) is 0 Å². The minimum atomic E-state index is -0.356. The molecule has 0 saturated carbocycles. The molecule has 0 aliphatic carbocycles. The summed E-state index contributed by atoms with van der Waals surface area (Å²) >= 11 is 0. The molecule has 0 fully saturated rings. The van der Waals surface area contributed by atoms with E-state index in [0.29, 0.717) is 13.2 Å². The minimum absolute atomic E-state index is 0.356. The first-order valence-corrected chi connectivity index (χ1v) is 9.28. The summed E-state index contributed by atoms with van der Waals surface area (Å²) in [5.74, 6) is -0.712. The number of benzene rings is 1. The molecule has 4 nitrogen and oxygen atoms in total. The van der Waals surface area contributed by atoms with Gasteiger partial charge in [-0.1, -0.05) is 38.8 Å². The first kappa shape index (κ1) is 21.7. The van der Waals surface area contributed by atoms with Crippen molar-refractivity contribution >= 4 is 24.1 Å². The first-order valence-electron chi connectivity index (χ1n) is 9.28. The molecule has 0 aliphatic heterocycles. The SMILES string of the molecule is CCCCOC(=O)/C=C/c1cc(C)c(C)cc1/C=C/C(=O)OCCCC. The van der Waals surface area contributed by atoms with E-state index in [4.69, 9.17) is 9.47 Å². The van der Waals surface area contributed by atoms with Gasteiger partial charge in [-0.25, -0.2) is 9.59 Å². The van der Waals surface area contributed by atoms with E-state index in [0.717, 1.165) is 47.9 Å². The van der Waals surface area contributed by atoms with E-state index >= 15 is 0 Å². The second-order valence-electron chi connectivity index (χ2n) is 6.27. The molecule has 1 aromatic rings. The van der Waals surface area contributed by atoms with Gasteiger partial charge in [-0.15, -0.1) is 0 Å². The van der Waals surface area contributed by atoms with Gasteiger partial charge < -0.3 is 9.47 Å². The maximum Gasteiger partial charge on any atom is 0.330 e. The molecule has 26 heavy (non-hydrogen) atoms. The van der Waals surface area contributed by atoms with Gasteiger partial charge in [-0.05, 0) is 61.1 Å². The zero-order valence-corrected chi connectivity index (χ0v) is 16.3. The van der Waals surface area contributed by atoms with Crippen LogP contribution in [0.4, 0.5) is 0 Å². The van der Waals surface area contributed by atoms with Crippen LogP contribution >= 0.6 is 0 Å². The second-order valence-corrected chi connectivity index (χ2v) is 6.27. The molecule has 4 heteroatoms. The van der Waals surface area contributed by atoms with E-state index in [-0.39, 0.29) is 11.9 Å². The summed E-state index contributed by atoms with van der Waals surface area (Å²) in [5.41, 5.74) is 3.95. The molecule has 142 valence electrons. The highest BCUT2D eigenvalue weighted by atomic mass is 16.5. The fourth-order valence-electron chi connectivity index (χ4n) is 2.20. The molecule has 0 unspecified atom stereocenters. The molecule has 0 heterocycles. The van der Waals surface area contributed by atoms with Crippen molar-refractivity contribution in [2.45, 2.75) is 53.4 Å². The number of aryl methyl sites for hydroxylation is 2. The number of hydrogen-bond donors (Lipinski definition) is 0. The van der Waals surface area contributed by atoms with Gasteiger partial charge in [0.1, 0.15) is 0 Å². The number of rotatable bonds is 10. The second kappa shape index (κ2) is 12.1. The van der Waals surface area contributed by atoms with Crippen LogP contribution in [0.5, 0.6) is 0 Å². The van der Waals surface area contributed by atoms with E-state index in [1.165, 1.54) is 12.2 Å². The number of unbranched alkanes of at least 4 members (excludes halogenated alkanes) is 2. The number of carbonyl (C=O) groups is 2. The van der Waals surface area contributed by atoms with Gasteiger partial charge in [-0.2, -0.15) is 0 Å². The lowest BCUT2D eigenvalue weighted by Crippen LogP contribution is -2.02. The van der Waals surface area contributed by atoms with E-state index < -0.39 is 0 Å². The molecule has 1 aromatic carbocycles. The van der Waals surface area contributed by atoms with E-state index in [9.17, 15) is 9.59 Å². The molecule has 0 saturated heterocycles. The minimum Gasteiger partial charge on any atom is -0.463 e. The number of carbonyl (C=O) groups excluding carboxylic acids is 2. The fourth-order valence-corrected chi connectivity index (χ4v) is 2.20. The van der Waals surface area contributed by atoms with Crippen molar-refractivity contribution in [2.75, 3.05) is 13.2 Å². The van der Waals surface area contributed by atoms with Crippen molar-refractivity contribution in [1.29, 1.82) is 0 Å². The molecule has 0 bridgehead atoms. The summed E-state index contributed by atoms with van der Waals surface area (Å²) in [7, 11) is 0. The van der Waals surface area contributed by atoms with Crippen molar-refractivity contribution in [3.8, 4) is 0 Å². The van der Waals surface area contributed by atoms with Crippen molar-refractivity contribution in [2.24, 2.45) is 0 Å². The summed E-state index contributed by atoms with van der Waals surface area (Å²) < 4.78 is 10.3. The van der Waals surface area contributed by atoms with Crippen LogP contribution in [0, 0.1) is 13.8 Å². The highest BCUT2D eigenvalue weighted by Gasteiger charge is 2.04. The van der Waals surface area contributed by atoms with Crippen molar-refractivity contribution < 1.29 is 19.1 Å². The number of hydrogen-bond acceptors (Lipinski definition) is 4.